The molecule has 1 fully saturated rings. The average Bonchev–Trinajstić information content (AvgIpc) is 2.96. The predicted molar refractivity (Wildman–Crippen MR) is 71.1 cm³/mol. The molecule has 2 rings (SSSR count). The monoisotopic (exact) mass is 254 g/mol. The number of rotatable bonds is 3. The van der Waals surface area contributed by atoms with E-state index in [1.807, 2.05) is 19.2 Å². The first-order chi connectivity index (χ1) is 7.51. The van der Waals surface area contributed by atoms with Gasteiger partial charge in [0.1, 0.15) is 0 Å². The minimum absolute atomic E-state index is 0. The molecule has 0 heterocycles. The Hall–Kier alpha value is -1.06. The van der Waals surface area contributed by atoms with Crippen LogP contribution in [0, 0.1) is 6.92 Å². The van der Waals surface area contributed by atoms with Crippen LogP contribution >= 0.6 is 12.4 Å². The molecule has 94 valence electrons. The first-order valence-electron chi connectivity index (χ1n) is 5.61. The van der Waals surface area contributed by atoms with Crippen molar-refractivity contribution in [2.45, 2.75) is 31.8 Å². The number of aryl methyl sites for hydroxylation is 1. The highest BCUT2D eigenvalue weighted by Gasteiger charge is 2.47. The Morgan fingerprint density at radius 3 is 2.65 bits per heavy atom. The van der Waals surface area contributed by atoms with Crippen LogP contribution in [-0.2, 0) is 11.3 Å². The summed E-state index contributed by atoms with van der Waals surface area (Å²) in [5.41, 5.74) is 7.69. The van der Waals surface area contributed by atoms with Crippen molar-refractivity contribution in [1.82, 2.24) is 4.90 Å². The molecule has 1 aliphatic rings. The van der Waals surface area contributed by atoms with Gasteiger partial charge in [-0.25, -0.2) is 0 Å². The zero-order valence-corrected chi connectivity index (χ0v) is 11.1. The molecule has 0 saturated heterocycles. The van der Waals surface area contributed by atoms with Gasteiger partial charge in [-0.05, 0) is 25.3 Å². The Bertz CT molecular complexity index is 416. The Kier molecular flexibility index (Phi) is 4.17. The summed E-state index contributed by atoms with van der Waals surface area (Å²) < 4.78 is 0. The molecule has 1 aromatic carbocycles. The van der Waals surface area contributed by atoms with Gasteiger partial charge in [0.05, 0.1) is 5.54 Å². The summed E-state index contributed by atoms with van der Waals surface area (Å²) in [5.74, 6) is 0.0639. The molecule has 0 bridgehead atoms. The predicted octanol–water partition coefficient (Wildman–Crippen LogP) is 1.87. The van der Waals surface area contributed by atoms with E-state index in [9.17, 15) is 4.79 Å². The van der Waals surface area contributed by atoms with E-state index in [0.29, 0.717) is 6.54 Å². The molecule has 0 unspecified atom stereocenters. The summed E-state index contributed by atoms with van der Waals surface area (Å²) in [5, 5.41) is 0. The van der Waals surface area contributed by atoms with Gasteiger partial charge in [-0.15, -0.1) is 12.4 Å². The third-order valence-electron chi connectivity index (χ3n) is 3.06. The largest absolute Gasteiger partial charge is 0.340 e. The summed E-state index contributed by atoms with van der Waals surface area (Å²) in [6, 6.07) is 8.20. The lowest BCUT2D eigenvalue weighted by Crippen LogP contribution is -2.43. The fourth-order valence-corrected chi connectivity index (χ4v) is 1.88. The maximum Gasteiger partial charge on any atom is 0.242 e. The zero-order valence-electron chi connectivity index (χ0n) is 10.3. The first kappa shape index (κ1) is 14.0. The van der Waals surface area contributed by atoms with Gasteiger partial charge in [-0.2, -0.15) is 0 Å². The SMILES string of the molecule is Cc1cccc(CN(C)C(=O)C2(N)CC2)c1.Cl. The number of carbonyl (C=O) groups is 1. The number of likely N-dealkylation sites (N-methyl/N-ethyl adjacent to an activating group) is 1. The van der Waals surface area contributed by atoms with Crippen molar-refractivity contribution < 1.29 is 4.79 Å². The number of carbonyl (C=O) groups excluding carboxylic acids is 1. The van der Waals surface area contributed by atoms with Crippen LogP contribution in [0.1, 0.15) is 24.0 Å². The smallest absolute Gasteiger partial charge is 0.242 e. The number of amides is 1. The Morgan fingerprint density at radius 2 is 2.12 bits per heavy atom. The molecular formula is C13H19ClN2O. The minimum Gasteiger partial charge on any atom is -0.340 e. The summed E-state index contributed by atoms with van der Waals surface area (Å²) in [4.78, 5) is 13.6. The van der Waals surface area contributed by atoms with Gasteiger partial charge < -0.3 is 10.6 Å². The van der Waals surface area contributed by atoms with E-state index in [4.69, 9.17) is 5.73 Å². The van der Waals surface area contributed by atoms with Crippen LogP contribution < -0.4 is 5.73 Å². The van der Waals surface area contributed by atoms with Crippen LogP contribution in [0.4, 0.5) is 0 Å². The Labute approximate surface area is 108 Å². The molecule has 1 aromatic rings. The third-order valence-corrected chi connectivity index (χ3v) is 3.06. The molecule has 4 heteroatoms. The van der Waals surface area contributed by atoms with Crippen LogP contribution in [0.25, 0.3) is 0 Å². The normalized spacial score (nSPS) is 15.9. The maximum absolute atomic E-state index is 11.9. The topological polar surface area (TPSA) is 46.3 Å². The van der Waals surface area contributed by atoms with Gasteiger partial charge in [0.25, 0.3) is 0 Å². The van der Waals surface area contributed by atoms with Crippen molar-refractivity contribution >= 4 is 18.3 Å². The molecule has 1 amide bonds. The summed E-state index contributed by atoms with van der Waals surface area (Å²) in [7, 11) is 1.82. The molecule has 3 nitrogen and oxygen atoms in total. The number of nitrogens with zero attached hydrogens (tertiary/aromatic N) is 1. The lowest BCUT2D eigenvalue weighted by atomic mass is 10.1. The number of benzene rings is 1. The van der Waals surface area contributed by atoms with Crippen LogP contribution in [0.2, 0.25) is 0 Å². The van der Waals surface area contributed by atoms with Crippen molar-refractivity contribution in [1.29, 1.82) is 0 Å². The van der Waals surface area contributed by atoms with E-state index in [0.717, 1.165) is 18.4 Å². The van der Waals surface area contributed by atoms with Crippen LogP contribution in [-0.4, -0.2) is 23.4 Å². The second kappa shape index (κ2) is 5.07. The lowest BCUT2D eigenvalue weighted by Gasteiger charge is -2.21. The highest BCUT2D eigenvalue weighted by atomic mass is 35.5. The molecule has 17 heavy (non-hydrogen) atoms. The van der Waals surface area contributed by atoms with E-state index < -0.39 is 5.54 Å². The average molecular weight is 255 g/mol. The molecular weight excluding hydrogens is 236 g/mol. The van der Waals surface area contributed by atoms with Gasteiger partial charge >= 0.3 is 0 Å². The number of hydrogen-bond donors (Lipinski definition) is 1. The van der Waals surface area contributed by atoms with E-state index in [1.165, 1.54) is 5.56 Å². The third kappa shape index (κ3) is 3.20. The van der Waals surface area contributed by atoms with Crippen molar-refractivity contribution in [2.24, 2.45) is 5.73 Å². The minimum atomic E-state index is -0.557. The van der Waals surface area contributed by atoms with E-state index >= 15 is 0 Å². The molecule has 0 aliphatic heterocycles. The number of nitrogens with two attached hydrogens (primary N) is 1. The van der Waals surface area contributed by atoms with Crippen molar-refractivity contribution in [2.75, 3.05) is 7.05 Å². The highest BCUT2D eigenvalue weighted by molar-refractivity contribution is 5.88. The van der Waals surface area contributed by atoms with E-state index in [1.54, 1.807) is 4.90 Å². The van der Waals surface area contributed by atoms with Crippen LogP contribution in [0.15, 0.2) is 24.3 Å². The zero-order chi connectivity index (χ0) is 11.8. The molecule has 0 aromatic heterocycles. The van der Waals surface area contributed by atoms with E-state index in [-0.39, 0.29) is 18.3 Å². The van der Waals surface area contributed by atoms with Crippen molar-refractivity contribution in [3.8, 4) is 0 Å². The Balaban J connectivity index is 0.00000144. The van der Waals surface area contributed by atoms with Crippen molar-refractivity contribution in [3.05, 3.63) is 35.4 Å². The number of hydrogen-bond acceptors (Lipinski definition) is 2. The van der Waals surface area contributed by atoms with Gasteiger partial charge in [0.15, 0.2) is 0 Å². The molecule has 0 spiro atoms. The summed E-state index contributed by atoms with van der Waals surface area (Å²) in [6.07, 6.45) is 1.65. The van der Waals surface area contributed by atoms with Gasteiger partial charge in [0.2, 0.25) is 5.91 Å². The molecule has 0 radical (unpaired) electrons. The van der Waals surface area contributed by atoms with Crippen LogP contribution in [0.3, 0.4) is 0 Å². The quantitative estimate of drug-likeness (QED) is 0.895. The lowest BCUT2D eigenvalue weighted by molar-refractivity contribution is -0.132. The Morgan fingerprint density at radius 1 is 1.47 bits per heavy atom. The first-order valence-corrected chi connectivity index (χ1v) is 5.61. The molecule has 0 atom stereocenters. The van der Waals surface area contributed by atoms with E-state index in [2.05, 4.69) is 19.1 Å². The fraction of sp³-hybridized carbons (Fsp3) is 0.462. The molecule has 1 aliphatic carbocycles. The van der Waals surface area contributed by atoms with Gasteiger partial charge in [-0.1, -0.05) is 29.8 Å². The second-order valence-electron chi connectivity index (χ2n) is 4.81. The summed E-state index contributed by atoms with van der Waals surface area (Å²) >= 11 is 0. The van der Waals surface area contributed by atoms with Gasteiger partial charge in [-0.3, -0.25) is 4.79 Å². The number of halogens is 1. The van der Waals surface area contributed by atoms with Crippen LogP contribution in [0.5, 0.6) is 0 Å². The molecule has 2 N–H and O–H groups in total. The van der Waals surface area contributed by atoms with Crippen molar-refractivity contribution in [3.63, 3.8) is 0 Å². The fourth-order valence-electron chi connectivity index (χ4n) is 1.88. The summed E-state index contributed by atoms with van der Waals surface area (Å²) in [6.45, 7) is 2.69. The highest BCUT2D eigenvalue weighted by Crippen LogP contribution is 2.34. The maximum atomic E-state index is 11.9. The molecule has 1 saturated carbocycles. The standard InChI is InChI=1S/C13H18N2O.ClH/c1-10-4-3-5-11(8-10)9-15(2)12(16)13(14)6-7-13;/h3-5,8H,6-7,9,14H2,1-2H3;1H. The van der Waals surface area contributed by atoms with Gasteiger partial charge in [0, 0.05) is 13.6 Å². The second-order valence-corrected chi connectivity index (χ2v) is 4.81.